The number of carbonyl (C=O) groups excluding carboxylic acids is 2. The Morgan fingerprint density at radius 3 is 2.70 bits per heavy atom. The Hall–Kier alpha value is -2.54. The van der Waals surface area contributed by atoms with Crippen LogP contribution >= 0.6 is 11.6 Å². The molecule has 0 saturated carbocycles. The Bertz CT molecular complexity index is 886. The van der Waals surface area contributed by atoms with E-state index in [2.05, 4.69) is 10.4 Å². The van der Waals surface area contributed by atoms with Gasteiger partial charge < -0.3 is 15.0 Å². The second kappa shape index (κ2) is 7.23. The summed E-state index contributed by atoms with van der Waals surface area (Å²) in [6.07, 6.45) is 0.235. The van der Waals surface area contributed by atoms with Crippen molar-refractivity contribution in [2.24, 2.45) is 7.05 Å². The number of hydrogen-bond acceptors (Lipinski definition) is 4. The molecule has 0 aliphatic carbocycles. The number of anilines is 1. The van der Waals surface area contributed by atoms with Gasteiger partial charge in [0.05, 0.1) is 12.2 Å². The van der Waals surface area contributed by atoms with Crippen molar-refractivity contribution >= 4 is 29.4 Å². The van der Waals surface area contributed by atoms with Crippen LogP contribution < -0.4 is 5.32 Å². The summed E-state index contributed by atoms with van der Waals surface area (Å²) < 4.78 is 7.09. The van der Waals surface area contributed by atoms with Crippen LogP contribution in [-0.2, 0) is 24.8 Å². The van der Waals surface area contributed by atoms with Crippen molar-refractivity contribution in [3.8, 4) is 0 Å². The van der Waals surface area contributed by atoms with Crippen LogP contribution in [0.1, 0.15) is 42.4 Å². The van der Waals surface area contributed by atoms with E-state index in [0.717, 1.165) is 11.3 Å². The van der Waals surface area contributed by atoms with Crippen molar-refractivity contribution in [2.75, 3.05) is 11.9 Å². The van der Waals surface area contributed by atoms with Crippen LogP contribution in [0, 0.1) is 0 Å². The number of benzene rings is 1. The Labute approximate surface area is 163 Å². The van der Waals surface area contributed by atoms with E-state index in [4.69, 9.17) is 16.3 Å². The molecular weight excluding hydrogens is 368 g/mol. The second-order valence-corrected chi connectivity index (χ2v) is 7.95. The lowest BCUT2D eigenvalue weighted by Crippen LogP contribution is -2.40. The van der Waals surface area contributed by atoms with Crippen LogP contribution in [0.5, 0.6) is 0 Å². The fraction of sp³-hybridized carbons (Fsp3) is 0.421. The van der Waals surface area contributed by atoms with E-state index < -0.39 is 5.60 Å². The minimum Gasteiger partial charge on any atom is -0.444 e. The van der Waals surface area contributed by atoms with Crippen LogP contribution in [0.4, 0.5) is 10.6 Å². The van der Waals surface area contributed by atoms with Crippen LogP contribution in [0.3, 0.4) is 0 Å². The Morgan fingerprint density at radius 1 is 1.30 bits per heavy atom. The third-order valence-corrected chi connectivity index (χ3v) is 4.40. The van der Waals surface area contributed by atoms with Crippen molar-refractivity contribution in [1.82, 2.24) is 14.7 Å². The third kappa shape index (κ3) is 4.42. The van der Waals surface area contributed by atoms with Crippen LogP contribution in [0.15, 0.2) is 24.3 Å². The second-order valence-electron chi connectivity index (χ2n) is 7.51. The summed E-state index contributed by atoms with van der Waals surface area (Å²) in [7, 11) is 1.77. The average Bonchev–Trinajstić information content (AvgIpc) is 2.88. The number of rotatable bonds is 2. The Kier molecular flexibility index (Phi) is 5.15. The summed E-state index contributed by atoms with van der Waals surface area (Å²) in [6, 6.07) is 6.73. The van der Waals surface area contributed by atoms with E-state index in [-0.39, 0.29) is 12.0 Å². The SMILES string of the molecule is Cn1nc2c(c1NC(=O)c1cccc(Cl)c1)CN(C(=O)OC(C)(C)C)CC2. The minimum absolute atomic E-state index is 0.280. The Morgan fingerprint density at radius 2 is 2.04 bits per heavy atom. The first-order chi connectivity index (χ1) is 12.6. The van der Waals surface area contributed by atoms with Gasteiger partial charge in [-0.15, -0.1) is 0 Å². The molecule has 0 atom stereocenters. The predicted octanol–water partition coefficient (Wildman–Crippen LogP) is 3.62. The first kappa shape index (κ1) is 19.2. The van der Waals surface area contributed by atoms with Crippen LogP contribution in [-0.4, -0.2) is 38.8 Å². The maximum absolute atomic E-state index is 12.6. The fourth-order valence-corrected chi connectivity index (χ4v) is 3.14. The number of carbonyl (C=O) groups is 2. The van der Waals surface area contributed by atoms with Crippen molar-refractivity contribution in [3.05, 3.63) is 46.1 Å². The molecule has 1 aromatic carbocycles. The topological polar surface area (TPSA) is 76.5 Å². The van der Waals surface area contributed by atoms with Gasteiger partial charge in [-0.25, -0.2) is 4.79 Å². The number of aromatic nitrogens is 2. The van der Waals surface area contributed by atoms with E-state index in [1.54, 1.807) is 40.9 Å². The van der Waals surface area contributed by atoms with Crippen molar-refractivity contribution in [2.45, 2.75) is 39.3 Å². The third-order valence-electron chi connectivity index (χ3n) is 4.17. The molecule has 1 aromatic heterocycles. The van der Waals surface area contributed by atoms with E-state index in [1.165, 1.54) is 0 Å². The van der Waals surface area contributed by atoms with Gasteiger partial charge >= 0.3 is 6.09 Å². The van der Waals surface area contributed by atoms with Gasteiger partial charge in [-0.1, -0.05) is 17.7 Å². The molecule has 2 heterocycles. The summed E-state index contributed by atoms with van der Waals surface area (Å²) in [5.74, 6) is 0.293. The molecule has 8 heteroatoms. The average molecular weight is 391 g/mol. The summed E-state index contributed by atoms with van der Waals surface area (Å²) in [4.78, 5) is 26.6. The zero-order valence-corrected chi connectivity index (χ0v) is 16.6. The van der Waals surface area contributed by atoms with Crippen LogP contribution in [0.25, 0.3) is 0 Å². The van der Waals surface area contributed by atoms with Crippen molar-refractivity contribution in [3.63, 3.8) is 0 Å². The molecule has 7 nitrogen and oxygen atoms in total. The monoisotopic (exact) mass is 390 g/mol. The molecule has 2 amide bonds. The maximum Gasteiger partial charge on any atom is 0.410 e. The molecule has 1 aliphatic heterocycles. The molecule has 0 bridgehead atoms. The lowest BCUT2D eigenvalue weighted by atomic mass is 10.1. The first-order valence-electron chi connectivity index (χ1n) is 8.73. The van der Waals surface area contributed by atoms with Gasteiger partial charge in [0.15, 0.2) is 0 Å². The summed E-state index contributed by atoms with van der Waals surface area (Å²) in [5, 5.41) is 7.87. The number of halogens is 1. The highest BCUT2D eigenvalue weighted by molar-refractivity contribution is 6.31. The molecule has 0 radical (unpaired) electrons. The number of hydrogen-bond donors (Lipinski definition) is 1. The lowest BCUT2D eigenvalue weighted by Gasteiger charge is -2.29. The van der Waals surface area contributed by atoms with E-state index >= 15 is 0 Å². The quantitative estimate of drug-likeness (QED) is 0.849. The molecule has 144 valence electrons. The summed E-state index contributed by atoms with van der Waals surface area (Å²) >= 11 is 5.97. The van der Waals surface area contributed by atoms with Gasteiger partial charge in [0.2, 0.25) is 0 Å². The lowest BCUT2D eigenvalue weighted by molar-refractivity contribution is 0.0224. The van der Waals surface area contributed by atoms with Crippen molar-refractivity contribution in [1.29, 1.82) is 0 Å². The zero-order chi connectivity index (χ0) is 19.8. The fourth-order valence-electron chi connectivity index (χ4n) is 2.95. The molecule has 0 spiro atoms. The molecule has 1 N–H and O–H groups in total. The zero-order valence-electron chi connectivity index (χ0n) is 15.9. The molecular formula is C19H23ClN4O3. The number of fused-ring (bicyclic) bond motifs is 1. The molecule has 0 unspecified atom stereocenters. The van der Waals surface area contributed by atoms with Gasteiger partial charge in [-0.3, -0.25) is 9.48 Å². The standard InChI is InChI=1S/C19H23ClN4O3/c1-19(2,3)27-18(26)24-9-8-15-14(11-24)16(23(4)22-15)21-17(25)12-6-5-7-13(20)10-12/h5-7,10H,8-9,11H2,1-4H3,(H,21,25). The smallest absolute Gasteiger partial charge is 0.410 e. The van der Waals surface area contributed by atoms with Gasteiger partial charge in [0, 0.05) is 36.2 Å². The highest BCUT2D eigenvalue weighted by Gasteiger charge is 2.30. The normalized spacial score (nSPS) is 13.9. The van der Waals surface area contributed by atoms with E-state index in [1.807, 2.05) is 20.8 Å². The van der Waals surface area contributed by atoms with Crippen LogP contribution in [0.2, 0.25) is 5.02 Å². The van der Waals surface area contributed by atoms with E-state index in [0.29, 0.717) is 35.9 Å². The molecule has 0 saturated heterocycles. The highest BCUT2D eigenvalue weighted by atomic mass is 35.5. The van der Waals surface area contributed by atoms with Gasteiger partial charge in [-0.05, 0) is 39.0 Å². The van der Waals surface area contributed by atoms with Gasteiger partial charge in [0.25, 0.3) is 5.91 Å². The summed E-state index contributed by atoms with van der Waals surface area (Å²) in [5.41, 5.74) is 1.59. The van der Waals surface area contributed by atoms with Gasteiger partial charge in [0.1, 0.15) is 11.4 Å². The number of ether oxygens (including phenoxy) is 1. The number of nitrogens with one attached hydrogen (secondary N) is 1. The van der Waals surface area contributed by atoms with Gasteiger partial charge in [-0.2, -0.15) is 5.10 Å². The number of aryl methyl sites for hydroxylation is 1. The maximum atomic E-state index is 12.6. The van der Waals surface area contributed by atoms with E-state index in [9.17, 15) is 9.59 Å². The first-order valence-corrected chi connectivity index (χ1v) is 9.11. The largest absolute Gasteiger partial charge is 0.444 e. The highest BCUT2D eigenvalue weighted by Crippen LogP contribution is 2.27. The van der Waals surface area contributed by atoms with Crippen molar-refractivity contribution < 1.29 is 14.3 Å². The number of nitrogens with zero attached hydrogens (tertiary/aromatic N) is 3. The summed E-state index contributed by atoms with van der Waals surface area (Å²) in [6.45, 7) is 6.37. The predicted molar refractivity (Wildman–Crippen MR) is 103 cm³/mol. The molecule has 2 aromatic rings. The molecule has 0 fully saturated rings. The Balaban J connectivity index is 1.81. The molecule has 3 rings (SSSR count). The molecule has 27 heavy (non-hydrogen) atoms. The molecule has 1 aliphatic rings. The minimum atomic E-state index is -0.560. The number of amides is 2.